The Bertz CT molecular complexity index is 493. The molecular formula is C17H22ClNO2. The van der Waals surface area contributed by atoms with Crippen molar-refractivity contribution in [1.82, 2.24) is 4.90 Å². The fourth-order valence-electron chi connectivity index (χ4n) is 2.07. The molecule has 4 heteroatoms. The molecule has 0 spiro atoms. The summed E-state index contributed by atoms with van der Waals surface area (Å²) < 4.78 is 5.40. The molecule has 1 aromatic rings. The minimum absolute atomic E-state index is 0.0505. The minimum atomic E-state index is -0.126. The van der Waals surface area contributed by atoms with Crippen LogP contribution in [0.15, 0.2) is 48.6 Å². The number of halogens is 1. The van der Waals surface area contributed by atoms with E-state index >= 15 is 0 Å². The standard InChI is InChI=1S/C17H22ClNO2/c1-4-11-21-12-10-19(16(20)13-18)17(14(2)3)15-8-6-5-7-9-15/h4-9H,1,10-13H2,2-3H3. The lowest BCUT2D eigenvalue weighted by Gasteiger charge is -2.26. The molecule has 0 radical (unpaired) electrons. The highest BCUT2D eigenvalue weighted by Gasteiger charge is 2.19. The van der Waals surface area contributed by atoms with Gasteiger partial charge in [-0.1, -0.05) is 42.0 Å². The van der Waals surface area contributed by atoms with Gasteiger partial charge in [-0.05, 0) is 19.4 Å². The topological polar surface area (TPSA) is 29.5 Å². The highest BCUT2D eigenvalue weighted by Crippen LogP contribution is 2.23. The summed E-state index contributed by atoms with van der Waals surface area (Å²) in [5.41, 5.74) is 2.95. The lowest BCUT2D eigenvalue weighted by molar-refractivity contribution is -0.125. The van der Waals surface area contributed by atoms with Gasteiger partial charge >= 0.3 is 0 Å². The summed E-state index contributed by atoms with van der Waals surface area (Å²) in [7, 11) is 0. The van der Waals surface area contributed by atoms with Gasteiger partial charge in [0.05, 0.1) is 13.2 Å². The molecule has 0 aliphatic heterocycles. The van der Waals surface area contributed by atoms with Gasteiger partial charge in [-0.2, -0.15) is 0 Å². The fraction of sp³-hybridized carbons (Fsp3) is 0.353. The van der Waals surface area contributed by atoms with E-state index in [9.17, 15) is 4.79 Å². The summed E-state index contributed by atoms with van der Waals surface area (Å²) >= 11 is 5.75. The Morgan fingerprint density at radius 1 is 1.33 bits per heavy atom. The molecule has 0 unspecified atom stereocenters. The predicted octanol–water partition coefficient (Wildman–Crippen LogP) is 3.71. The molecule has 1 aromatic carbocycles. The largest absolute Gasteiger partial charge is 0.376 e. The van der Waals surface area contributed by atoms with Crippen molar-refractivity contribution in [2.75, 3.05) is 25.6 Å². The van der Waals surface area contributed by atoms with E-state index < -0.39 is 0 Å². The molecule has 0 heterocycles. The summed E-state index contributed by atoms with van der Waals surface area (Å²) in [6.07, 6.45) is 1.69. The Morgan fingerprint density at radius 2 is 2.00 bits per heavy atom. The maximum absolute atomic E-state index is 12.2. The molecule has 0 N–H and O–H groups in total. The van der Waals surface area contributed by atoms with E-state index in [2.05, 4.69) is 6.58 Å². The molecule has 0 saturated carbocycles. The first kappa shape index (κ1) is 17.5. The average molecular weight is 308 g/mol. The summed E-state index contributed by atoms with van der Waals surface area (Å²) in [6.45, 7) is 8.96. The van der Waals surface area contributed by atoms with Crippen LogP contribution < -0.4 is 0 Å². The minimum Gasteiger partial charge on any atom is -0.376 e. The van der Waals surface area contributed by atoms with E-state index in [4.69, 9.17) is 16.3 Å². The number of rotatable bonds is 8. The van der Waals surface area contributed by atoms with Crippen molar-refractivity contribution in [3.8, 4) is 0 Å². The van der Waals surface area contributed by atoms with E-state index in [1.54, 1.807) is 11.0 Å². The third-order valence-electron chi connectivity index (χ3n) is 2.90. The highest BCUT2D eigenvalue weighted by molar-refractivity contribution is 6.27. The molecule has 0 bridgehead atoms. The molecule has 3 nitrogen and oxygen atoms in total. The molecule has 21 heavy (non-hydrogen) atoms. The van der Waals surface area contributed by atoms with Crippen LogP contribution in [0.2, 0.25) is 0 Å². The van der Waals surface area contributed by atoms with Crippen LogP contribution in [0.3, 0.4) is 0 Å². The number of ether oxygens (including phenoxy) is 1. The molecule has 1 amide bonds. The maximum Gasteiger partial charge on any atom is 0.242 e. The van der Waals surface area contributed by atoms with Crippen LogP contribution in [0.5, 0.6) is 0 Å². The Balaban J connectivity index is 3.00. The number of alkyl halides is 1. The van der Waals surface area contributed by atoms with Crippen molar-refractivity contribution in [3.05, 3.63) is 54.1 Å². The summed E-state index contributed by atoms with van der Waals surface area (Å²) in [5, 5.41) is 0. The van der Waals surface area contributed by atoms with E-state index in [0.717, 1.165) is 16.8 Å². The van der Waals surface area contributed by atoms with Crippen molar-refractivity contribution < 1.29 is 9.53 Å². The number of carbonyl (C=O) groups excluding carboxylic acids is 1. The molecule has 0 fully saturated rings. The fourth-order valence-corrected chi connectivity index (χ4v) is 2.21. The van der Waals surface area contributed by atoms with E-state index in [-0.39, 0.29) is 11.8 Å². The van der Waals surface area contributed by atoms with Crippen LogP contribution in [0.1, 0.15) is 19.4 Å². The highest BCUT2D eigenvalue weighted by atomic mass is 35.5. The Labute approximate surface area is 131 Å². The number of allylic oxidation sites excluding steroid dienone is 1. The first-order chi connectivity index (χ1) is 10.1. The number of amides is 1. The van der Waals surface area contributed by atoms with Crippen LogP contribution >= 0.6 is 11.6 Å². The number of benzene rings is 1. The molecular weight excluding hydrogens is 286 g/mol. The molecule has 0 atom stereocenters. The van der Waals surface area contributed by atoms with Gasteiger partial charge < -0.3 is 9.64 Å². The summed E-state index contributed by atoms with van der Waals surface area (Å²) in [6, 6.07) is 9.83. The van der Waals surface area contributed by atoms with Crippen molar-refractivity contribution >= 4 is 23.2 Å². The summed E-state index contributed by atoms with van der Waals surface area (Å²) in [4.78, 5) is 13.9. The quantitative estimate of drug-likeness (QED) is 0.416. The van der Waals surface area contributed by atoms with Gasteiger partial charge in [-0.15, -0.1) is 18.2 Å². The van der Waals surface area contributed by atoms with E-state index in [0.29, 0.717) is 19.8 Å². The third kappa shape index (κ3) is 5.37. The van der Waals surface area contributed by atoms with Crippen LogP contribution in [0.25, 0.3) is 5.70 Å². The van der Waals surface area contributed by atoms with Gasteiger partial charge in [-0.25, -0.2) is 0 Å². The van der Waals surface area contributed by atoms with Gasteiger partial charge in [0.1, 0.15) is 5.88 Å². The number of hydrogen-bond acceptors (Lipinski definition) is 2. The zero-order chi connectivity index (χ0) is 15.7. The third-order valence-corrected chi connectivity index (χ3v) is 3.13. The number of nitrogens with zero attached hydrogens (tertiary/aromatic N) is 1. The first-order valence-electron chi connectivity index (χ1n) is 6.89. The van der Waals surface area contributed by atoms with Crippen molar-refractivity contribution in [3.63, 3.8) is 0 Å². The second kappa shape index (κ2) is 9.37. The van der Waals surface area contributed by atoms with E-state index in [1.165, 1.54) is 0 Å². The van der Waals surface area contributed by atoms with E-state index in [1.807, 2.05) is 44.2 Å². The molecule has 1 rings (SSSR count). The van der Waals surface area contributed by atoms with Crippen LogP contribution in [0, 0.1) is 0 Å². The first-order valence-corrected chi connectivity index (χ1v) is 7.43. The Hall–Kier alpha value is -1.58. The van der Waals surface area contributed by atoms with Gasteiger partial charge in [0.25, 0.3) is 0 Å². The van der Waals surface area contributed by atoms with Crippen LogP contribution in [0.4, 0.5) is 0 Å². The second-order valence-electron chi connectivity index (χ2n) is 4.76. The second-order valence-corrected chi connectivity index (χ2v) is 5.02. The lowest BCUT2D eigenvalue weighted by Crippen LogP contribution is -2.34. The van der Waals surface area contributed by atoms with Gasteiger partial charge in [-0.3, -0.25) is 4.79 Å². The predicted molar refractivity (Wildman–Crippen MR) is 88.2 cm³/mol. The average Bonchev–Trinajstić information content (AvgIpc) is 2.50. The lowest BCUT2D eigenvalue weighted by atomic mass is 10.1. The molecule has 0 aliphatic carbocycles. The smallest absolute Gasteiger partial charge is 0.242 e. The molecule has 0 aromatic heterocycles. The Kier molecular flexibility index (Phi) is 7.80. The molecule has 114 valence electrons. The van der Waals surface area contributed by atoms with Gasteiger partial charge in [0.15, 0.2) is 0 Å². The van der Waals surface area contributed by atoms with Crippen LogP contribution in [-0.2, 0) is 9.53 Å². The Morgan fingerprint density at radius 3 is 2.52 bits per heavy atom. The zero-order valence-electron chi connectivity index (χ0n) is 12.6. The van der Waals surface area contributed by atoms with Crippen molar-refractivity contribution in [2.45, 2.75) is 13.8 Å². The van der Waals surface area contributed by atoms with Crippen molar-refractivity contribution in [1.29, 1.82) is 0 Å². The van der Waals surface area contributed by atoms with Gasteiger partial charge in [0.2, 0.25) is 5.91 Å². The number of hydrogen-bond donors (Lipinski definition) is 0. The monoisotopic (exact) mass is 307 g/mol. The normalized spacial score (nSPS) is 10.0. The SMILES string of the molecule is C=CCOCCN(C(=O)CCl)C(=C(C)C)c1ccccc1. The maximum atomic E-state index is 12.2. The zero-order valence-corrected chi connectivity index (χ0v) is 13.4. The summed E-state index contributed by atoms with van der Waals surface area (Å²) in [5.74, 6) is -0.177. The van der Waals surface area contributed by atoms with Crippen molar-refractivity contribution in [2.24, 2.45) is 0 Å². The molecule has 0 saturated heterocycles. The van der Waals surface area contributed by atoms with Gasteiger partial charge in [0, 0.05) is 12.2 Å². The number of carbonyl (C=O) groups is 1. The van der Waals surface area contributed by atoms with Crippen LogP contribution in [-0.4, -0.2) is 36.4 Å². The molecule has 0 aliphatic rings.